The molecule has 0 aliphatic carbocycles. The van der Waals surface area contributed by atoms with Gasteiger partial charge in [-0.15, -0.1) is 0 Å². The lowest BCUT2D eigenvalue weighted by molar-refractivity contribution is 0.0695. The van der Waals surface area contributed by atoms with E-state index in [0.717, 1.165) is 27.8 Å². The number of aromatic hydroxyl groups is 2. The molecule has 8 rings (SSSR count). The Morgan fingerprint density at radius 3 is 1.91 bits per heavy atom. The van der Waals surface area contributed by atoms with Gasteiger partial charge in [0.1, 0.15) is 29.6 Å². The molecule has 1 heterocycles. The first-order valence-corrected chi connectivity index (χ1v) is 20.5. The van der Waals surface area contributed by atoms with Crippen LogP contribution in [-0.4, -0.2) is 38.4 Å². The molecular weight excluding hydrogens is 831 g/mol. The Morgan fingerprint density at radius 1 is 0.641 bits per heavy atom. The van der Waals surface area contributed by atoms with Gasteiger partial charge in [-0.3, -0.25) is 4.79 Å². The molecule has 7 aromatic rings. The highest BCUT2D eigenvalue weighted by atomic mass is 32.1. The zero-order chi connectivity index (χ0) is 44.7. The molecule has 0 radical (unpaired) electrons. The lowest BCUT2D eigenvalue weighted by Crippen LogP contribution is -2.28. The number of nitrogens with one attached hydrogen (secondary N) is 4. The summed E-state index contributed by atoms with van der Waals surface area (Å²) in [6.07, 6.45) is -0.597. The number of rotatable bonds is 12. The van der Waals surface area contributed by atoms with E-state index in [0.29, 0.717) is 57.4 Å². The van der Waals surface area contributed by atoms with Crippen LogP contribution in [0, 0.1) is 0 Å². The van der Waals surface area contributed by atoms with E-state index in [9.17, 15) is 29.7 Å². The second-order valence-electron chi connectivity index (χ2n) is 15.0. The Labute approximate surface area is 373 Å². The van der Waals surface area contributed by atoms with Crippen LogP contribution < -0.4 is 31.7 Å². The minimum Gasteiger partial charge on any atom is -0.508 e. The van der Waals surface area contributed by atoms with Crippen molar-refractivity contribution in [2.75, 3.05) is 16.4 Å². The molecule has 0 saturated carbocycles. The van der Waals surface area contributed by atoms with E-state index < -0.39 is 18.0 Å². The summed E-state index contributed by atoms with van der Waals surface area (Å²) in [6, 6.07) is 43.9. The second-order valence-corrected chi connectivity index (χ2v) is 15.4. The summed E-state index contributed by atoms with van der Waals surface area (Å²) >= 11 is 5.53. The largest absolute Gasteiger partial charge is 0.508 e. The molecule has 13 nitrogen and oxygen atoms in total. The fourth-order valence-corrected chi connectivity index (χ4v) is 7.51. The Morgan fingerprint density at radius 2 is 1.25 bits per heavy atom. The van der Waals surface area contributed by atoms with Crippen molar-refractivity contribution in [1.29, 1.82) is 0 Å². The Hall–Kier alpha value is -8.36. The van der Waals surface area contributed by atoms with Crippen LogP contribution in [0.2, 0.25) is 0 Å². The van der Waals surface area contributed by atoms with Crippen LogP contribution in [0.25, 0.3) is 11.1 Å². The van der Waals surface area contributed by atoms with Crippen molar-refractivity contribution in [3.63, 3.8) is 0 Å². The Kier molecular flexibility index (Phi) is 12.4. The number of phenols is 2. The summed E-state index contributed by atoms with van der Waals surface area (Å²) in [5, 5.41) is 42.6. The van der Waals surface area contributed by atoms with Gasteiger partial charge in [0.05, 0.1) is 16.9 Å². The minimum atomic E-state index is -1.15. The number of carbonyl (C=O) groups is 3. The van der Waals surface area contributed by atoms with E-state index in [-0.39, 0.29) is 41.2 Å². The summed E-state index contributed by atoms with van der Waals surface area (Å²) in [7, 11) is 0. The van der Waals surface area contributed by atoms with Crippen LogP contribution in [0.1, 0.15) is 60.0 Å². The Balaban J connectivity index is 0.799. The molecule has 0 bridgehead atoms. The van der Waals surface area contributed by atoms with Crippen LogP contribution in [0.4, 0.5) is 21.9 Å². The van der Waals surface area contributed by atoms with E-state index in [4.69, 9.17) is 27.4 Å². The van der Waals surface area contributed by atoms with Crippen molar-refractivity contribution in [1.82, 2.24) is 10.6 Å². The van der Waals surface area contributed by atoms with Gasteiger partial charge in [-0.05, 0) is 94.1 Å². The number of nitrogens with two attached hydrogens (primary N) is 1. The van der Waals surface area contributed by atoms with E-state index in [1.165, 1.54) is 30.3 Å². The zero-order valence-corrected chi connectivity index (χ0v) is 34.8. The summed E-state index contributed by atoms with van der Waals surface area (Å²) < 4.78 is 11.4. The van der Waals surface area contributed by atoms with Crippen LogP contribution >= 0.6 is 12.2 Å². The number of alkyl carbamates (subject to hydrolysis) is 1. The number of thiocarbonyl (C=S) groups is 1. The predicted molar refractivity (Wildman–Crippen MR) is 248 cm³/mol. The van der Waals surface area contributed by atoms with Crippen molar-refractivity contribution >= 4 is 52.4 Å². The second kappa shape index (κ2) is 18.7. The molecule has 9 N–H and O–H groups in total. The quantitative estimate of drug-likeness (QED) is 0.0427. The Bertz CT molecular complexity index is 2840. The van der Waals surface area contributed by atoms with E-state index >= 15 is 0 Å². The fraction of sp³-hybridized carbons (Fsp3) is 0.0800. The molecule has 14 heteroatoms. The third-order valence-corrected chi connectivity index (χ3v) is 10.8. The fourth-order valence-electron chi connectivity index (χ4n) is 7.32. The number of hydrogen-bond donors (Lipinski definition) is 8. The van der Waals surface area contributed by atoms with Crippen molar-refractivity contribution in [2.24, 2.45) is 0 Å². The summed E-state index contributed by atoms with van der Waals surface area (Å²) in [5.41, 5.74) is 14.2. The van der Waals surface area contributed by atoms with Crippen molar-refractivity contribution in [2.45, 2.75) is 25.6 Å². The van der Waals surface area contributed by atoms with E-state index in [1.54, 1.807) is 54.6 Å². The van der Waals surface area contributed by atoms with E-state index in [1.807, 2.05) is 66.7 Å². The normalized spacial score (nSPS) is 11.6. The zero-order valence-electron chi connectivity index (χ0n) is 34.0. The molecule has 0 atom stereocenters. The van der Waals surface area contributed by atoms with Gasteiger partial charge in [0.2, 0.25) is 0 Å². The molecule has 7 aromatic carbocycles. The number of carbonyl (C=O) groups excluding carboxylic acids is 2. The average Bonchev–Trinajstić information content (AvgIpc) is 3.30. The van der Waals surface area contributed by atoms with Gasteiger partial charge in [0, 0.05) is 53.5 Å². The highest BCUT2D eigenvalue weighted by Crippen LogP contribution is 2.50. The lowest BCUT2D eigenvalue weighted by Gasteiger charge is -2.30. The number of anilines is 3. The third-order valence-electron chi connectivity index (χ3n) is 10.6. The van der Waals surface area contributed by atoms with Gasteiger partial charge >= 0.3 is 12.1 Å². The van der Waals surface area contributed by atoms with E-state index in [2.05, 4.69) is 21.3 Å². The molecular formula is C50H41N5O8S. The number of aromatic carboxylic acids is 1. The number of carboxylic acid groups (broad SMARTS) is 1. The smallest absolute Gasteiger partial charge is 0.407 e. The molecule has 1 aliphatic rings. The minimum absolute atomic E-state index is 0.0130. The number of amides is 2. The molecule has 0 aromatic heterocycles. The first-order valence-electron chi connectivity index (χ1n) is 20.1. The molecule has 1 aliphatic heterocycles. The average molecular weight is 872 g/mol. The highest BCUT2D eigenvalue weighted by Gasteiger charge is 2.32. The summed E-state index contributed by atoms with van der Waals surface area (Å²) in [4.78, 5) is 38.2. The van der Waals surface area contributed by atoms with Gasteiger partial charge < -0.3 is 51.8 Å². The molecule has 0 unspecified atom stereocenters. The molecule has 0 spiro atoms. The van der Waals surface area contributed by atoms with Gasteiger partial charge in [-0.25, -0.2) is 9.59 Å². The maximum Gasteiger partial charge on any atom is 0.407 e. The van der Waals surface area contributed by atoms with Crippen LogP contribution in [0.15, 0.2) is 152 Å². The van der Waals surface area contributed by atoms with Crippen molar-refractivity contribution in [3.8, 4) is 34.1 Å². The molecule has 64 heavy (non-hydrogen) atoms. The summed E-state index contributed by atoms with van der Waals surface area (Å²) in [6.45, 7) is 0.609. The predicted octanol–water partition coefficient (Wildman–Crippen LogP) is 9.50. The molecule has 2 amide bonds. The first kappa shape index (κ1) is 42.3. The summed E-state index contributed by atoms with van der Waals surface area (Å²) in [5.74, 6) is -1.33. The number of benzene rings is 7. The van der Waals surface area contributed by atoms with Crippen molar-refractivity contribution < 1.29 is 39.2 Å². The maximum atomic E-state index is 13.0. The molecule has 0 saturated heterocycles. The lowest BCUT2D eigenvalue weighted by atomic mass is 9.80. The first-order chi connectivity index (χ1) is 31.0. The topological polar surface area (TPSA) is 204 Å². The van der Waals surface area contributed by atoms with Crippen LogP contribution in [0.3, 0.4) is 0 Å². The molecule has 0 fully saturated rings. The third kappa shape index (κ3) is 9.88. The monoisotopic (exact) mass is 871 g/mol. The maximum absolute atomic E-state index is 13.0. The number of carboxylic acids is 1. The number of fused-ring (bicyclic) bond motifs is 2. The highest BCUT2D eigenvalue weighted by molar-refractivity contribution is 7.80. The van der Waals surface area contributed by atoms with Crippen LogP contribution in [-0.2, 0) is 24.4 Å². The van der Waals surface area contributed by atoms with Gasteiger partial charge in [0.15, 0.2) is 5.11 Å². The van der Waals surface area contributed by atoms with Crippen molar-refractivity contribution in [3.05, 3.63) is 196 Å². The van der Waals surface area contributed by atoms with Gasteiger partial charge in [-0.1, -0.05) is 91.0 Å². The van der Waals surface area contributed by atoms with Crippen LogP contribution in [0.5, 0.6) is 23.0 Å². The number of ether oxygens (including phenoxy) is 2. The standard InChI is InChI=1S/C50H41N5O8S/c51-42-21-14-34(32-4-2-1-3-5-32)22-43(42)55-47(58)33-12-10-30(11-13-33)27-53-50(61)62-28-31-8-6-29(7-9-31)26-52-49(64)54-35-15-18-38(41(23-35)48(59)60)46-39-19-16-36(56)24-44(39)63-45-25-37(57)17-20-40(45)46/h1-25,46,56-57H,26-28,51H2,(H,53,61)(H,55,58)(H,59,60)(H2,52,54,64). The SMILES string of the molecule is Nc1ccc(-c2ccccc2)cc1NC(=O)c1ccc(CNC(=O)OCc2ccc(CNC(=S)Nc3ccc(C4c5ccc(O)cc5Oc5cc(O)ccc54)c(C(=O)O)c3)cc2)cc1. The number of hydrogen-bond acceptors (Lipinski definition) is 9. The number of nitrogen functional groups attached to an aromatic ring is 1. The van der Waals surface area contributed by atoms with Gasteiger partial charge in [0.25, 0.3) is 5.91 Å². The molecule has 320 valence electrons. The number of phenolic OH excluding ortho intramolecular Hbond substituents is 2. The van der Waals surface area contributed by atoms with Gasteiger partial charge in [-0.2, -0.15) is 0 Å².